The predicted octanol–water partition coefficient (Wildman–Crippen LogP) is 4.14. The van der Waals surface area contributed by atoms with Crippen molar-refractivity contribution < 1.29 is 31.5 Å². The van der Waals surface area contributed by atoms with Gasteiger partial charge in [0.1, 0.15) is 0 Å². The lowest BCUT2D eigenvalue weighted by Gasteiger charge is -2.11. The van der Waals surface area contributed by atoms with E-state index < -0.39 is 40.8 Å². The Bertz CT molecular complexity index is 1180. The summed E-state index contributed by atoms with van der Waals surface area (Å²) in [6.07, 6.45) is 2.02. The van der Waals surface area contributed by atoms with Crippen LogP contribution < -0.4 is 15.4 Å². The van der Waals surface area contributed by atoms with Crippen LogP contribution in [0, 0.1) is 29.1 Å². The van der Waals surface area contributed by atoms with E-state index in [0.29, 0.717) is 29.3 Å². The fourth-order valence-corrected chi connectivity index (χ4v) is 3.18. The number of hydrogen-bond donors (Lipinski definition) is 2. The minimum Gasteiger partial charge on any atom is -0.416 e. The Morgan fingerprint density at radius 1 is 1.06 bits per heavy atom. The molecule has 3 aromatic rings. The Hall–Kier alpha value is -3.76. The third-order valence-electron chi connectivity index (χ3n) is 4.72. The summed E-state index contributed by atoms with van der Waals surface area (Å²) in [5, 5.41) is 6.06. The van der Waals surface area contributed by atoms with Crippen molar-refractivity contribution in [3.8, 4) is 5.75 Å². The Morgan fingerprint density at radius 2 is 1.74 bits per heavy atom. The summed E-state index contributed by atoms with van der Waals surface area (Å²) in [6, 6.07) is 5.78. The number of halogens is 5. The summed E-state index contributed by atoms with van der Waals surface area (Å²) >= 11 is 0. The molecule has 1 aromatic heterocycles. The molecule has 31 heavy (non-hydrogen) atoms. The molecule has 0 spiro atoms. The zero-order valence-corrected chi connectivity index (χ0v) is 15.8. The molecule has 2 N–H and O–H groups in total. The number of benzene rings is 2. The Labute approximate surface area is 172 Å². The smallest absolute Gasteiger partial charge is 0.343 e. The maximum atomic E-state index is 13.8. The van der Waals surface area contributed by atoms with E-state index in [0.717, 1.165) is 0 Å². The fraction of sp³-hybridized carbons (Fsp3) is 0.150. The van der Waals surface area contributed by atoms with Gasteiger partial charge in [-0.1, -0.05) is 0 Å². The van der Waals surface area contributed by atoms with Crippen LogP contribution in [-0.2, 0) is 6.42 Å². The van der Waals surface area contributed by atoms with Gasteiger partial charge in [-0.2, -0.15) is 8.78 Å². The lowest BCUT2D eigenvalue weighted by atomic mass is 10.0. The Morgan fingerprint density at radius 3 is 2.42 bits per heavy atom. The number of ether oxygens (including phenoxy) is 1. The first kappa shape index (κ1) is 20.5. The largest absolute Gasteiger partial charge is 0.416 e. The van der Waals surface area contributed by atoms with Gasteiger partial charge in [-0.05, 0) is 29.8 Å². The van der Waals surface area contributed by atoms with Crippen molar-refractivity contribution in [1.29, 1.82) is 0 Å². The van der Waals surface area contributed by atoms with E-state index in [-0.39, 0.29) is 11.6 Å². The Kier molecular flexibility index (Phi) is 5.17. The summed E-state index contributed by atoms with van der Waals surface area (Å²) in [6.45, 7) is 0. The molecule has 1 atom stereocenters. The van der Waals surface area contributed by atoms with Gasteiger partial charge < -0.3 is 15.4 Å². The molecule has 0 aliphatic carbocycles. The number of nitrogens with zero attached hydrogens (tertiary/aromatic N) is 2. The zero-order chi connectivity index (χ0) is 22.3. The lowest BCUT2D eigenvalue weighted by Crippen LogP contribution is -2.14. The van der Waals surface area contributed by atoms with Gasteiger partial charge in [0.05, 0.1) is 17.3 Å². The average Bonchev–Trinajstić information content (AvgIpc) is 3.22. The third-order valence-corrected chi connectivity index (χ3v) is 4.72. The second-order valence-electron chi connectivity index (χ2n) is 6.62. The second kappa shape index (κ2) is 7.82. The van der Waals surface area contributed by atoms with E-state index in [2.05, 4.69) is 25.3 Å². The molecule has 0 bridgehead atoms. The molecule has 11 heteroatoms. The molecule has 4 rings (SSSR count). The SMILES string of the molecule is CNc1nccc(C2Cc3cc(C(=O)Oc4c(F)c(F)c(F)c(F)c4F)ccc3N2)n1. The molecule has 0 radical (unpaired) electrons. The van der Waals surface area contributed by atoms with Crippen molar-refractivity contribution in [2.24, 2.45) is 0 Å². The molecule has 0 saturated heterocycles. The number of hydrogen-bond acceptors (Lipinski definition) is 6. The number of rotatable bonds is 4. The van der Waals surface area contributed by atoms with Gasteiger partial charge in [0.15, 0.2) is 0 Å². The molecule has 0 saturated carbocycles. The van der Waals surface area contributed by atoms with Crippen LogP contribution in [-0.4, -0.2) is 23.0 Å². The first-order valence-corrected chi connectivity index (χ1v) is 8.94. The zero-order valence-electron chi connectivity index (χ0n) is 15.8. The van der Waals surface area contributed by atoms with E-state index in [9.17, 15) is 26.7 Å². The van der Waals surface area contributed by atoms with Crippen LogP contribution in [0.25, 0.3) is 0 Å². The molecule has 1 unspecified atom stereocenters. The van der Waals surface area contributed by atoms with Gasteiger partial charge >= 0.3 is 5.97 Å². The second-order valence-corrected chi connectivity index (χ2v) is 6.62. The van der Waals surface area contributed by atoms with E-state index in [1.54, 1.807) is 25.4 Å². The first-order valence-electron chi connectivity index (χ1n) is 8.94. The number of aromatic nitrogens is 2. The number of carbonyl (C=O) groups is 1. The molecule has 2 aromatic carbocycles. The van der Waals surface area contributed by atoms with E-state index >= 15 is 0 Å². The van der Waals surface area contributed by atoms with E-state index in [4.69, 9.17) is 0 Å². The highest BCUT2D eigenvalue weighted by molar-refractivity contribution is 5.92. The molecule has 1 aliphatic heterocycles. The molecule has 0 amide bonds. The highest BCUT2D eigenvalue weighted by atomic mass is 19.2. The summed E-state index contributed by atoms with van der Waals surface area (Å²) < 4.78 is 71.8. The van der Waals surface area contributed by atoms with Crippen molar-refractivity contribution >= 4 is 17.6 Å². The van der Waals surface area contributed by atoms with Gasteiger partial charge in [0.2, 0.25) is 40.8 Å². The monoisotopic (exact) mass is 436 g/mol. The maximum absolute atomic E-state index is 13.8. The quantitative estimate of drug-likeness (QED) is 0.211. The number of nitrogens with one attached hydrogen (secondary N) is 2. The third kappa shape index (κ3) is 3.62. The van der Waals surface area contributed by atoms with Crippen LogP contribution in [0.3, 0.4) is 0 Å². The first-order chi connectivity index (χ1) is 14.8. The summed E-state index contributed by atoms with van der Waals surface area (Å²) in [7, 11) is 1.68. The van der Waals surface area contributed by atoms with E-state index in [1.165, 1.54) is 12.1 Å². The summed E-state index contributed by atoms with van der Waals surface area (Å²) in [5.74, 6) is -13.7. The molecular weight excluding hydrogens is 423 g/mol. The summed E-state index contributed by atoms with van der Waals surface area (Å²) in [5.41, 5.74) is 1.95. The average molecular weight is 436 g/mol. The highest BCUT2D eigenvalue weighted by Crippen LogP contribution is 2.35. The van der Waals surface area contributed by atoms with Gasteiger partial charge in [-0.15, -0.1) is 0 Å². The van der Waals surface area contributed by atoms with Crippen LogP contribution in [0.2, 0.25) is 0 Å². The highest BCUT2D eigenvalue weighted by Gasteiger charge is 2.30. The van der Waals surface area contributed by atoms with Crippen LogP contribution in [0.5, 0.6) is 5.75 Å². The predicted molar refractivity (Wildman–Crippen MR) is 99.3 cm³/mol. The molecular formula is C20H13F5N4O2. The minimum atomic E-state index is -2.34. The molecule has 6 nitrogen and oxygen atoms in total. The number of fused-ring (bicyclic) bond motifs is 1. The molecule has 0 fully saturated rings. The van der Waals surface area contributed by atoms with Crippen molar-refractivity contribution in [3.05, 3.63) is 76.4 Å². The standard InChI is InChI=1S/C20H13F5N4O2/c1-26-20-27-5-4-11(29-20)12-7-9-6-8(2-3-10(9)28-12)19(30)31-18-16(24)14(22)13(21)15(23)17(18)25/h2-6,12,28H,7H2,1H3,(H,26,27,29). The van der Waals surface area contributed by atoms with Crippen LogP contribution >= 0.6 is 0 Å². The Balaban J connectivity index is 1.57. The van der Waals surface area contributed by atoms with Gasteiger partial charge in [0.25, 0.3) is 0 Å². The maximum Gasteiger partial charge on any atom is 0.343 e. The van der Waals surface area contributed by atoms with Crippen LogP contribution in [0.4, 0.5) is 33.6 Å². The van der Waals surface area contributed by atoms with Gasteiger partial charge in [0, 0.05) is 25.4 Å². The van der Waals surface area contributed by atoms with Crippen molar-refractivity contribution in [1.82, 2.24) is 9.97 Å². The topological polar surface area (TPSA) is 76.1 Å². The number of esters is 1. The van der Waals surface area contributed by atoms with Crippen LogP contribution in [0.1, 0.15) is 27.7 Å². The minimum absolute atomic E-state index is 0.122. The summed E-state index contributed by atoms with van der Waals surface area (Å²) in [4.78, 5) is 20.7. The van der Waals surface area contributed by atoms with Gasteiger partial charge in [-0.25, -0.2) is 27.9 Å². The molecule has 160 valence electrons. The van der Waals surface area contributed by atoms with Crippen molar-refractivity contribution in [3.63, 3.8) is 0 Å². The van der Waals surface area contributed by atoms with E-state index in [1.807, 2.05) is 0 Å². The fourth-order valence-electron chi connectivity index (χ4n) is 3.18. The number of anilines is 2. The van der Waals surface area contributed by atoms with Crippen LogP contribution in [0.15, 0.2) is 30.5 Å². The lowest BCUT2D eigenvalue weighted by molar-refractivity contribution is 0.0716. The van der Waals surface area contributed by atoms with Crippen molar-refractivity contribution in [2.45, 2.75) is 12.5 Å². The molecule has 2 heterocycles. The normalized spacial score (nSPS) is 14.7. The molecule has 1 aliphatic rings. The van der Waals surface area contributed by atoms with Gasteiger partial charge in [-0.3, -0.25) is 0 Å². The van der Waals surface area contributed by atoms with Crippen molar-refractivity contribution in [2.75, 3.05) is 17.7 Å². The number of carbonyl (C=O) groups excluding carboxylic acids is 1.